The fourth-order valence-electron chi connectivity index (χ4n) is 3.46. The van der Waals surface area contributed by atoms with Gasteiger partial charge in [-0.1, -0.05) is 19.0 Å². The van der Waals surface area contributed by atoms with Gasteiger partial charge in [-0.25, -0.2) is 0 Å². The van der Waals surface area contributed by atoms with Crippen LogP contribution in [0.3, 0.4) is 0 Å². The van der Waals surface area contributed by atoms with Gasteiger partial charge in [-0.3, -0.25) is 9.89 Å². The molecule has 0 aliphatic carbocycles. The van der Waals surface area contributed by atoms with Crippen molar-refractivity contribution in [2.45, 2.75) is 38.3 Å². The van der Waals surface area contributed by atoms with Crippen LogP contribution >= 0.6 is 35.7 Å². The highest BCUT2D eigenvalue weighted by molar-refractivity contribution is 14.0. The molecular weight excluding hydrogens is 477 g/mol. The Morgan fingerprint density at radius 3 is 2.74 bits per heavy atom. The predicted molar refractivity (Wildman–Crippen MR) is 121 cm³/mol. The molecule has 1 unspecified atom stereocenters. The van der Waals surface area contributed by atoms with Crippen LogP contribution in [0.5, 0.6) is 0 Å². The van der Waals surface area contributed by atoms with Gasteiger partial charge < -0.3 is 19.9 Å². The Labute approximate surface area is 183 Å². The highest BCUT2D eigenvalue weighted by atomic mass is 127. The number of rotatable bonds is 6. The number of hydrogen-bond acceptors (Lipinski definition) is 6. The van der Waals surface area contributed by atoms with E-state index in [2.05, 4.69) is 39.5 Å². The van der Waals surface area contributed by atoms with Crippen LogP contribution in [-0.2, 0) is 11.3 Å². The first kappa shape index (κ1) is 22.8. The predicted octanol–water partition coefficient (Wildman–Crippen LogP) is 2.29. The molecule has 0 spiro atoms. The van der Waals surface area contributed by atoms with Gasteiger partial charge in [0.15, 0.2) is 11.7 Å². The molecule has 0 radical (unpaired) electrons. The zero-order valence-electron chi connectivity index (χ0n) is 16.5. The molecule has 1 aromatic heterocycles. The van der Waals surface area contributed by atoms with Gasteiger partial charge in [-0.05, 0) is 18.1 Å². The number of nitrogens with zero attached hydrogens (tertiary/aromatic N) is 3. The van der Waals surface area contributed by atoms with Crippen molar-refractivity contribution in [2.24, 2.45) is 4.99 Å². The quantitative estimate of drug-likeness (QED) is 0.346. The van der Waals surface area contributed by atoms with Gasteiger partial charge in [-0.2, -0.15) is 11.8 Å². The van der Waals surface area contributed by atoms with Crippen LogP contribution in [0, 0.1) is 0 Å². The zero-order valence-corrected chi connectivity index (χ0v) is 19.6. The minimum absolute atomic E-state index is 0. The smallest absolute Gasteiger partial charge is 0.191 e. The maximum absolute atomic E-state index is 5.54. The van der Waals surface area contributed by atoms with Crippen LogP contribution in [0.2, 0.25) is 0 Å². The Morgan fingerprint density at radius 1 is 1.37 bits per heavy atom. The lowest BCUT2D eigenvalue weighted by atomic mass is 9.95. The van der Waals surface area contributed by atoms with E-state index in [-0.39, 0.29) is 29.5 Å². The maximum atomic E-state index is 5.54. The highest BCUT2D eigenvalue weighted by Gasteiger charge is 2.40. The number of halogens is 1. The molecule has 7 nitrogen and oxygen atoms in total. The molecule has 3 rings (SSSR count). The Balaban J connectivity index is 0.00000261. The van der Waals surface area contributed by atoms with E-state index in [1.807, 2.05) is 17.8 Å². The molecule has 0 saturated carbocycles. The normalized spacial score (nSPS) is 24.1. The average molecular weight is 509 g/mol. The van der Waals surface area contributed by atoms with E-state index in [1.165, 1.54) is 12.2 Å². The second-order valence-corrected chi connectivity index (χ2v) is 8.38. The Morgan fingerprint density at radius 2 is 2.15 bits per heavy atom. The van der Waals surface area contributed by atoms with Crippen LogP contribution in [0.1, 0.15) is 37.6 Å². The monoisotopic (exact) mass is 509 g/mol. The summed E-state index contributed by atoms with van der Waals surface area (Å²) in [6.07, 6.45) is 1.21. The molecule has 0 amide bonds. The third-order valence-electron chi connectivity index (χ3n) is 5.17. The van der Waals surface area contributed by atoms with Gasteiger partial charge in [0, 0.05) is 44.0 Å². The van der Waals surface area contributed by atoms with Crippen molar-refractivity contribution in [3.8, 4) is 0 Å². The molecule has 3 heterocycles. The van der Waals surface area contributed by atoms with Crippen molar-refractivity contribution < 1.29 is 9.26 Å². The van der Waals surface area contributed by atoms with E-state index in [9.17, 15) is 0 Å². The minimum Gasteiger partial charge on any atom is -0.379 e. The molecule has 2 aliphatic heterocycles. The zero-order chi connectivity index (χ0) is 18.4. The van der Waals surface area contributed by atoms with E-state index in [0.29, 0.717) is 12.5 Å². The second kappa shape index (κ2) is 10.9. The van der Waals surface area contributed by atoms with Crippen molar-refractivity contribution in [3.05, 3.63) is 17.5 Å². The third kappa shape index (κ3) is 5.98. The summed E-state index contributed by atoms with van der Waals surface area (Å²) in [5.41, 5.74) is 1.18. The number of nitrogens with one attached hydrogen (secondary N) is 2. The maximum Gasteiger partial charge on any atom is 0.191 e. The minimum atomic E-state index is 0. The van der Waals surface area contributed by atoms with Crippen LogP contribution in [0.25, 0.3) is 0 Å². The second-order valence-electron chi connectivity index (χ2n) is 7.28. The molecule has 2 aliphatic rings. The molecule has 1 aromatic rings. The van der Waals surface area contributed by atoms with Gasteiger partial charge in [0.05, 0.1) is 25.5 Å². The first-order valence-corrected chi connectivity index (χ1v) is 10.6. The summed E-state index contributed by atoms with van der Waals surface area (Å²) in [6.45, 7) is 9.41. The molecule has 2 fully saturated rings. The van der Waals surface area contributed by atoms with Gasteiger partial charge in [-0.15, -0.1) is 24.0 Å². The van der Waals surface area contributed by atoms with E-state index in [4.69, 9.17) is 9.26 Å². The molecule has 1 atom stereocenters. The van der Waals surface area contributed by atoms with Crippen LogP contribution in [0.15, 0.2) is 15.6 Å². The van der Waals surface area contributed by atoms with Gasteiger partial charge in [0.1, 0.15) is 0 Å². The van der Waals surface area contributed by atoms with Crippen molar-refractivity contribution in [3.63, 3.8) is 0 Å². The third-order valence-corrected chi connectivity index (χ3v) is 6.41. The van der Waals surface area contributed by atoms with Crippen molar-refractivity contribution in [1.29, 1.82) is 0 Å². The summed E-state index contributed by atoms with van der Waals surface area (Å²) in [5, 5.41) is 11.0. The molecular formula is C18H32IN5O2S. The Kier molecular flexibility index (Phi) is 9.17. The molecule has 0 aromatic carbocycles. The van der Waals surface area contributed by atoms with Crippen LogP contribution in [-0.4, -0.2) is 73.0 Å². The molecule has 2 N–H and O–H groups in total. The fraction of sp³-hybridized carbons (Fsp3) is 0.778. The molecule has 2 saturated heterocycles. The average Bonchev–Trinajstić information content (AvgIpc) is 3.33. The molecule has 154 valence electrons. The summed E-state index contributed by atoms with van der Waals surface area (Å²) < 4.78 is 10.9. The lowest BCUT2D eigenvalue weighted by molar-refractivity contribution is -0.0120. The summed E-state index contributed by atoms with van der Waals surface area (Å²) >= 11 is 2.04. The van der Waals surface area contributed by atoms with E-state index in [1.54, 1.807) is 7.05 Å². The molecule has 9 heteroatoms. The van der Waals surface area contributed by atoms with Gasteiger partial charge in [0.2, 0.25) is 0 Å². The van der Waals surface area contributed by atoms with Gasteiger partial charge in [0.25, 0.3) is 0 Å². The van der Waals surface area contributed by atoms with Crippen molar-refractivity contribution in [1.82, 2.24) is 20.7 Å². The van der Waals surface area contributed by atoms with E-state index in [0.717, 1.165) is 56.0 Å². The Bertz CT molecular complexity index is 598. The number of ether oxygens (including phenoxy) is 1. The number of thioether (sulfide) groups is 1. The van der Waals surface area contributed by atoms with E-state index < -0.39 is 0 Å². The summed E-state index contributed by atoms with van der Waals surface area (Å²) in [7, 11) is 1.81. The number of aromatic nitrogens is 1. The Hall–Kier alpha value is -0.520. The summed E-state index contributed by atoms with van der Waals surface area (Å²) in [4.78, 5) is 6.96. The lowest BCUT2D eigenvalue weighted by Crippen LogP contribution is -2.60. The first-order valence-electron chi connectivity index (χ1n) is 9.43. The first-order chi connectivity index (χ1) is 12.6. The number of morpholine rings is 1. The van der Waals surface area contributed by atoms with Gasteiger partial charge >= 0.3 is 0 Å². The number of guanidine groups is 1. The largest absolute Gasteiger partial charge is 0.379 e. The standard InChI is InChI=1S/C18H31N5O2S.HI/c1-14(2)16-10-15(25-22-16)11-20-17(19-3)21-12-18(4-9-26-13-18)23-5-7-24-8-6-23;/h10,14H,4-9,11-13H2,1-3H3,(H2,19,20,21);1H. The SMILES string of the molecule is CN=C(NCc1cc(C(C)C)no1)NCC1(N2CCOCC2)CCSC1.I. The van der Waals surface area contributed by atoms with Crippen molar-refractivity contribution >= 4 is 41.7 Å². The fourth-order valence-corrected chi connectivity index (χ4v) is 4.94. The molecule has 27 heavy (non-hydrogen) atoms. The number of aliphatic imine (C=N–C) groups is 1. The molecule has 0 bridgehead atoms. The highest BCUT2D eigenvalue weighted by Crippen LogP contribution is 2.33. The van der Waals surface area contributed by atoms with Crippen LogP contribution in [0.4, 0.5) is 0 Å². The summed E-state index contributed by atoms with van der Waals surface area (Å²) in [6, 6.07) is 2.01. The topological polar surface area (TPSA) is 74.9 Å². The van der Waals surface area contributed by atoms with E-state index >= 15 is 0 Å². The number of hydrogen-bond donors (Lipinski definition) is 2. The van der Waals surface area contributed by atoms with Crippen molar-refractivity contribution in [2.75, 3.05) is 51.4 Å². The van der Waals surface area contributed by atoms with Crippen LogP contribution < -0.4 is 10.6 Å². The summed E-state index contributed by atoms with van der Waals surface area (Å²) in [5.74, 6) is 4.39. The lowest BCUT2D eigenvalue weighted by Gasteiger charge is -2.43.